The summed E-state index contributed by atoms with van der Waals surface area (Å²) in [5, 5.41) is 2.24. The molecule has 1 heterocycles. The van der Waals surface area contributed by atoms with E-state index in [1.807, 2.05) is 0 Å². The number of alkyl carbamates (subject to hydrolysis) is 1. The maximum atomic E-state index is 10.7. The molecule has 0 aromatic heterocycles. The van der Waals surface area contributed by atoms with Crippen LogP contribution in [0.4, 0.5) is 4.79 Å². The zero-order valence-electron chi connectivity index (χ0n) is 6.20. The Balaban J connectivity index is 2.38. The number of amides is 2. The molecule has 1 saturated heterocycles. The number of hydrogen-bond donors (Lipinski definition) is 2. The molecule has 0 aromatic rings. The third-order valence-corrected chi connectivity index (χ3v) is 1.45. The average molecular weight is 172 g/mol. The minimum absolute atomic E-state index is 0.0556. The number of carbonyl (C=O) groups excluding carboxylic acids is 3. The first-order valence-electron chi connectivity index (χ1n) is 3.40. The van der Waals surface area contributed by atoms with Crippen molar-refractivity contribution in [2.45, 2.75) is 18.9 Å². The van der Waals surface area contributed by atoms with Gasteiger partial charge in [-0.3, -0.25) is 4.79 Å². The zero-order valence-corrected chi connectivity index (χ0v) is 6.20. The Bertz CT molecular complexity index is 238. The number of rotatable bonds is 3. The van der Waals surface area contributed by atoms with Gasteiger partial charge in [0.05, 0.1) is 0 Å². The van der Waals surface area contributed by atoms with Crippen LogP contribution in [-0.2, 0) is 14.3 Å². The van der Waals surface area contributed by atoms with Crippen molar-refractivity contribution >= 4 is 18.0 Å². The normalized spacial score (nSPS) is 21.8. The molecule has 1 rings (SSSR count). The molecule has 1 atom stereocenters. The summed E-state index contributed by atoms with van der Waals surface area (Å²) in [6.45, 7) is 0. The van der Waals surface area contributed by atoms with E-state index in [4.69, 9.17) is 5.73 Å². The standard InChI is InChI=1S/C6H8N2O4/c7-4(9)2-1-3-5(10)12-6(11)8-3/h3H,1-2H2,(H2,7,9)(H,8,11)/t3-/m1/s1. The Morgan fingerprint density at radius 3 is 2.67 bits per heavy atom. The van der Waals surface area contributed by atoms with Crippen LogP contribution in [0.1, 0.15) is 12.8 Å². The van der Waals surface area contributed by atoms with Crippen LogP contribution in [0.5, 0.6) is 0 Å². The van der Waals surface area contributed by atoms with E-state index < -0.39 is 24.0 Å². The summed E-state index contributed by atoms with van der Waals surface area (Å²) >= 11 is 0. The Morgan fingerprint density at radius 2 is 2.25 bits per heavy atom. The minimum Gasteiger partial charge on any atom is -0.375 e. The molecule has 1 fully saturated rings. The summed E-state index contributed by atoms with van der Waals surface area (Å²) in [5.41, 5.74) is 4.85. The fourth-order valence-electron chi connectivity index (χ4n) is 0.870. The molecule has 0 unspecified atom stereocenters. The van der Waals surface area contributed by atoms with E-state index in [1.54, 1.807) is 0 Å². The SMILES string of the molecule is NC(=O)CC[C@H]1NC(=O)OC1=O. The van der Waals surface area contributed by atoms with E-state index in [1.165, 1.54) is 0 Å². The highest BCUT2D eigenvalue weighted by molar-refractivity contribution is 5.95. The van der Waals surface area contributed by atoms with Gasteiger partial charge in [0, 0.05) is 6.42 Å². The summed E-state index contributed by atoms with van der Waals surface area (Å²) in [6.07, 6.45) is -0.519. The molecular formula is C6H8N2O4. The topological polar surface area (TPSA) is 98.5 Å². The van der Waals surface area contributed by atoms with Gasteiger partial charge >= 0.3 is 12.1 Å². The molecule has 0 spiro atoms. The fourth-order valence-corrected chi connectivity index (χ4v) is 0.870. The molecule has 66 valence electrons. The molecule has 1 aliphatic heterocycles. The monoisotopic (exact) mass is 172 g/mol. The lowest BCUT2D eigenvalue weighted by atomic mass is 10.1. The number of ether oxygens (including phenoxy) is 1. The lowest BCUT2D eigenvalue weighted by molar-refractivity contribution is -0.135. The summed E-state index contributed by atoms with van der Waals surface area (Å²) in [4.78, 5) is 31.5. The van der Waals surface area contributed by atoms with Crippen LogP contribution in [0.15, 0.2) is 0 Å². The first kappa shape index (κ1) is 8.51. The molecule has 0 radical (unpaired) electrons. The van der Waals surface area contributed by atoms with Crippen LogP contribution < -0.4 is 11.1 Å². The van der Waals surface area contributed by atoms with Crippen molar-refractivity contribution in [1.29, 1.82) is 0 Å². The van der Waals surface area contributed by atoms with Crippen molar-refractivity contribution in [3.63, 3.8) is 0 Å². The third-order valence-electron chi connectivity index (χ3n) is 1.45. The predicted octanol–water partition coefficient (Wildman–Crippen LogP) is -1.11. The van der Waals surface area contributed by atoms with Crippen molar-refractivity contribution in [1.82, 2.24) is 5.32 Å². The van der Waals surface area contributed by atoms with Gasteiger partial charge < -0.3 is 15.8 Å². The highest BCUT2D eigenvalue weighted by Gasteiger charge is 2.31. The summed E-state index contributed by atoms with van der Waals surface area (Å²) in [5.74, 6) is -1.16. The Labute approximate surface area is 68.0 Å². The van der Waals surface area contributed by atoms with Crippen LogP contribution in [0, 0.1) is 0 Å². The maximum Gasteiger partial charge on any atom is 0.415 e. The van der Waals surface area contributed by atoms with Crippen molar-refractivity contribution in [2.75, 3.05) is 0 Å². The van der Waals surface area contributed by atoms with Gasteiger partial charge in [-0.05, 0) is 6.42 Å². The third kappa shape index (κ3) is 1.94. The second kappa shape index (κ2) is 3.21. The number of nitrogens with one attached hydrogen (secondary N) is 1. The van der Waals surface area contributed by atoms with Gasteiger partial charge in [0.1, 0.15) is 6.04 Å². The van der Waals surface area contributed by atoms with Gasteiger partial charge in [-0.1, -0.05) is 0 Å². The molecule has 6 nitrogen and oxygen atoms in total. The lowest BCUT2D eigenvalue weighted by Crippen LogP contribution is -2.30. The number of carbonyl (C=O) groups is 3. The summed E-state index contributed by atoms with van der Waals surface area (Å²) in [6, 6.07) is -0.718. The van der Waals surface area contributed by atoms with E-state index in [9.17, 15) is 14.4 Å². The van der Waals surface area contributed by atoms with Crippen molar-refractivity contribution in [2.24, 2.45) is 5.73 Å². The van der Waals surface area contributed by atoms with E-state index in [0.717, 1.165) is 0 Å². The molecule has 0 saturated carbocycles. The fraction of sp³-hybridized carbons (Fsp3) is 0.500. The van der Waals surface area contributed by atoms with E-state index >= 15 is 0 Å². The molecule has 0 aromatic carbocycles. The Morgan fingerprint density at radius 1 is 1.58 bits per heavy atom. The molecule has 0 bridgehead atoms. The number of primary amides is 1. The number of cyclic esters (lactones) is 2. The molecule has 0 aliphatic carbocycles. The van der Waals surface area contributed by atoms with Gasteiger partial charge in [-0.2, -0.15) is 0 Å². The second-order valence-corrected chi connectivity index (χ2v) is 2.41. The van der Waals surface area contributed by atoms with E-state index in [0.29, 0.717) is 0 Å². The van der Waals surface area contributed by atoms with Crippen LogP contribution >= 0.6 is 0 Å². The van der Waals surface area contributed by atoms with E-state index in [-0.39, 0.29) is 12.8 Å². The maximum absolute atomic E-state index is 10.7. The highest BCUT2D eigenvalue weighted by atomic mass is 16.6. The second-order valence-electron chi connectivity index (χ2n) is 2.41. The van der Waals surface area contributed by atoms with Crippen LogP contribution in [0.25, 0.3) is 0 Å². The van der Waals surface area contributed by atoms with Crippen LogP contribution in [0.3, 0.4) is 0 Å². The number of nitrogens with two attached hydrogens (primary N) is 1. The number of hydrogen-bond acceptors (Lipinski definition) is 4. The van der Waals surface area contributed by atoms with Gasteiger partial charge in [-0.25, -0.2) is 9.59 Å². The van der Waals surface area contributed by atoms with Crippen molar-refractivity contribution in [3.8, 4) is 0 Å². The van der Waals surface area contributed by atoms with Crippen LogP contribution in [-0.4, -0.2) is 24.0 Å². The van der Waals surface area contributed by atoms with Gasteiger partial charge in [0.25, 0.3) is 0 Å². The van der Waals surface area contributed by atoms with Gasteiger partial charge in [0.15, 0.2) is 0 Å². The first-order chi connectivity index (χ1) is 5.59. The van der Waals surface area contributed by atoms with E-state index in [2.05, 4.69) is 10.1 Å². The van der Waals surface area contributed by atoms with Crippen molar-refractivity contribution < 1.29 is 19.1 Å². The first-order valence-corrected chi connectivity index (χ1v) is 3.40. The largest absolute Gasteiger partial charge is 0.415 e. The molecule has 2 amide bonds. The molecular weight excluding hydrogens is 164 g/mol. The van der Waals surface area contributed by atoms with Gasteiger partial charge in [-0.15, -0.1) is 0 Å². The molecule has 3 N–H and O–H groups in total. The summed E-state index contributed by atoms with van der Waals surface area (Å²) in [7, 11) is 0. The molecule has 6 heteroatoms. The Hall–Kier alpha value is -1.59. The highest BCUT2D eigenvalue weighted by Crippen LogP contribution is 2.05. The minimum atomic E-state index is -0.769. The average Bonchev–Trinajstić information content (AvgIpc) is 2.26. The predicted molar refractivity (Wildman–Crippen MR) is 36.8 cm³/mol. The van der Waals surface area contributed by atoms with Crippen LogP contribution in [0.2, 0.25) is 0 Å². The smallest absolute Gasteiger partial charge is 0.375 e. The van der Waals surface area contributed by atoms with Gasteiger partial charge in [0.2, 0.25) is 5.91 Å². The lowest BCUT2D eigenvalue weighted by Gasteiger charge is -2.01. The quantitative estimate of drug-likeness (QED) is 0.416. The summed E-state index contributed by atoms with van der Waals surface area (Å²) < 4.78 is 4.17. The van der Waals surface area contributed by atoms with Crippen molar-refractivity contribution in [3.05, 3.63) is 0 Å². The Kier molecular flexibility index (Phi) is 2.27. The molecule has 1 aliphatic rings. The number of esters is 1. The zero-order chi connectivity index (χ0) is 9.14. The molecule has 12 heavy (non-hydrogen) atoms.